The number of para-hydroxylation sites is 1. The molecule has 1 N–H and O–H groups in total. The molecule has 0 aliphatic heterocycles. The minimum absolute atomic E-state index is 0. The third-order valence-corrected chi connectivity index (χ3v) is 9.88. The Morgan fingerprint density at radius 1 is 0.600 bits per heavy atom. The van der Waals surface area contributed by atoms with Crippen molar-refractivity contribution in [2.75, 3.05) is 0 Å². The van der Waals surface area contributed by atoms with Crippen molar-refractivity contribution in [1.29, 1.82) is 0 Å². The molecule has 244 valence electrons. The SMILES string of the molecule is CC1(C)c2ccc(-c3nc(-c4cccc5ccc[c-]c45)cn3-c3c(-c4ccccc4)cccc3-c3ccccc3)nc2-c2c(O)cccc21.[Pt]. The summed E-state index contributed by atoms with van der Waals surface area (Å²) < 4.78 is 2.21. The Bertz CT molecular complexity index is 2470. The van der Waals surface area contributed by atoms with Gasteiger partial charge in [-0.05, 0) is 34.4 Å². The molecule has 4 nitrogen and oxygen atoms in total. The van der Waals surface area contributed by atoms with Crippen molar-refractivity contribution in [3.8, 4) is 67.7 Å². The van der Waals surface area contributed by atoms with Crippen molar-refractivity contribution < 1.29 is 26.2 Å². The van der Waals surface area contributed by atoms with Crippen LogP contribution in [0.2, 0.25) is 0 Å². The first-order valence-corrected chi connectivity index (χ1v) is 16.6. The van der Waals surface area contributed by atoms with Gasteiger partial charge in [-0.25, -0.2) is 9.97 Å². The minimum atomic E-state index is -0.297. The predicted molar refractivity (Wildman–Crippen MR) is 199 cm³/mol. The molecular weight excluding hydrogens is 794 g/mol. The fraction of sp³-hybridized carbons (Fsp3) is 0.0667. The van der Waals surface area contributed by atoms with Gasteiger partial charge in [0.05, 0.1) is 11.4 Å². The summed E-state index contributed by atoms with van der Waals surface area (Å²) in [6, 6.07) is 53.3. The van der Waals surface area contributed by atoms with Gasteiger partial charge in [0.15, 0.2) is 5.82 Å². The number of imidazole rings is 1. The molecule has 1 aliphatic rings. The molecule has 5 heteroatoms. The number of aromatic hydroxyl groups is 1. The van der Waals surface area contributed by atoms with Crippen LogP contribution in [0.4, 0.5) is 0 Å². The summed E-state index contributed by atoms with van der Waals surface area (Å²) in [4.78, 5) is 10.7. The monoisotopic (exact) mass is 825 g/mol. The maximum absolute atomic E-state index is 11.1. The summed E-state index contributed by atoms with van der Waals surface area (Å²) in [5.74, 6) is 0.957. The molecule has 2 heterocycles. The van der Waals surface area contributed by atoms with Crippen LogP contribution in [-0.4, -0.2) is 19.6 Å². The maximum Gasteiger partial charge on any atom is 0.163 e. The van der Waals surface area contributed by atoms with Crippen LogP contribution in [0.1, 0.15) is 25.0 Å². The fourth-order valence-electron chi connectivity index (χ4n) is 7.47. The molecule has 0 radical (unpaired) electrons. The standard InChI is InChI=1S/C45H32N3O.Pt/c1-45(2)36-24-13-25-40(49)41(36)42-37(45)26-27-38(46-42)44-47-39(35-23-11-19-29-18-9-10-20-32(29)35)28-48(44)43-33(30-14-5-3-6-15-30)21-12-22-34(43)31-16-7-4-8-17-31;/h3-19,21-28,49H,1-2H3;/q-1;. The van der Waals surface area contributed by atoms with Crippen LogP contribution in [0.5, 0.6) is 5.75 Å². The quantitative estimate of drug-likeness (QED) is 0.176. The third-order valence-electron chi connectivity index (χ3n) is 9.88. The van der Waals surface area contributed by atoms with Crippen LogP contribution in [0.25, 0.3) is 72.7 Å². The van der Waals surface area contributed by atoms with Gasteiger partial charge in [-0.2, -0.15) is 0 Å². The molecule has 0 atom stereocenters. The topological polar surface area (TPSA) is 50.9 Å². The smallest absolute Gasteiger partial charge is 0.163 e. The Labute approximate surface area is 306 Å². The van der Waals surface area contributed by atoms with E-state index in [4.69, 9.17) is 9.97 Å². The zero-order chi connectivity index (χ0) is 33.1. The first-order valence-electron chi connectivity index (χ1n) is 16.6. The average Bonchev–Trinajstić information content (AvgIpc) is 3.69. The van der Waals surface area contributed by atoms with Crippen LogP contribution >= 0.6 is 0 Å². The molecule has 0 unspecified atom stereocenters. The van der Waals surface area contributed by atoms with E-state index in [1.807, 2.05) is 30.3 Å². The van der Waals surface area contributed by atoms with Crippen molar-refractivity contribution in [2.45, 2.75) is 19.3 Å². The molecule has 0 bridgehead atoms. The number of aromatic nitrogens is 3. The number of pyridine rings is 1. The first-order chi connectivity index (χ1) is 24.0. The van der Waals surface area contributed by atoms with Gasteiger partial charge < -0.3 is 5.11 Å². The fourth-order valence-corrected chi connectivity index (χ4v) is 7.47. The molecule has 2 aromatic heterocycles. The zero-order valence-electron chi connectivity index (χ0n) is 27.5. The van der Waals surface area contributed by atoms with Gasteiger partial charge in [0, 0.05) is 55.1 Å². The maximum atomic E-state index is 11.1. The summed E-state index contributed by atoms with van der Waals surface area (Å²) in [5, 5.41) is 13.2. The van der Waals surface area contributed by atoms with E-state index in [0.29, 0.717) is 5.82 Å². The summed E-state index contributed by atoms with van der Waals surface area (Å²) in [6.07, 6.45) is 2.14. The second-order valence-electron chi connectivity index (χ2n) is 13.1. The number of hydrogen-bond donors (Lipinski definition) is 1. The van der Waals surface area contributed by atoms with Crippen molar-refractivity contribution in [3.05, 3.63) is 169 Å². The van der Waals surface area contributed by atoms with E-state index < -0.39 is 0 Å². The van der Waals surface area contributed by atoms with Gasteiger partial charge in [0.25, 0.3) is 0 Å². The minimum Gasteiger partial charge on any atom is -0.507 e. The van der Waals surface area contributed by atoms with Crippen LogP contribution in [-0.2, 0) is 26.5 Å². The molecule has 50 heavy (non-hydrogen) atoms. The van der Waals surface area contributed by atoms with Gasteiger partial charge >= 0.3 is 0 Å². The molecule has 0 amide bonds. The number of hydrogen-bond acceptors (Lipinski definition) is 3. The van der Waals surface area contributed by atoms with E-state index in [1.54, 1.807) is 6.07 Å². The van der Waals surface area contributed by atoms with E-state index in [0.717, 1.165) is 78.0 Å². The van der Waals surface area contributed by atoms with Gasteiger partial charge in [0.2, 0.25) is 0 Å². The van der Waals surface area contributed by atoms with E-state index >= 15 is 0 Å². The van der Waals surface area contributed by atoms with Crippen molar-refractivity contribution in [3.63, 3.8) is 0 Å². The van der Waals surface area contributed by atoms with E-state index in [1.165, 1.54) is 0 Å². The Balaban J connectivity index is 0.00000361. The molecule has 8 aromatic rings. The Hall–Kier alpha value is -5.57. The molecular formula is C45H32N3OPt-. The van der Waals surface area contributed by atoms with E-state index in [9.17, 15) is 5.11 Å². The third kappa shape index (κ3) is 5.02. The second kappa shape index (κ2) is 12.4. The first kappa shape index (κ1) is 31.7. The number of benzene rings is 6. The van der Waals surface area contributed by atoms with Crippen molar-refractivity contribution in [2.24, 2.45) is 0 Å². The van der Waals surface area contributed by atoms with E-state index in [2.05, 4.69) is 140 Å². The van der Waals surface area contributed by atoms with Gasteiger partial charge in [-0.15, -0.1) is 35.0 Å². The predicted octanol–water partition coefficient (Wildman–Crippen LogP) is 10.9. The number of fused-ring (bicyclic) bond motifs is 4. The number of nitrogens with zero attached hydrogens (tertiary/aromatic N) is 3. The molecule has 0 saturated heterocycles. The molecule has 0 fully saturated rings. The molecule has 0 spiro atoms. The summed E-state index contributed by atoms with van der Waals surface area (Å²) in [7, 11) is 0. The van der Waals surface area contributed by atoms with Crippen molar-refractivity contribution in [1.82, 2.24) is 14.5 Å². The Morgan fingerprint density at radius 2 is 1.24 bits per heavy atom. The number of phenolic OH excluding ortho intramolecular Hbond substituents is 1. The van der Waals surface area contributed by atoms with Crippen LogP contribution < -0.4 is 0 Å². The number of phenols is 1. The average molecular weight is 826 g/mol. The molecule has 9 rings (SSSR count). The Morgan fingerprint density at radius 3 is 1.96 bits per heavy atom. The summed E-state index contributed by atoms with van der Waals surface area (Å²) >= 11 is 0. The molecule has 1 aliphatic carbocycles. The van der Waals surface area contributed by atoms with Gasteiger partial charge in [0.1, 0.15) is 11.4 Å². The van der Waals surface area contributed by atoms with Crippen LogP contribution in [0.3, 0.4) is 0 Å². The van der Waals surface area contributed by atoms with Gasteiger partial charge in [-0.1, -0.05) is 135 Å². The molecule has 6 aromatic carbocycles. The molecule has 0 saturated carbocycles. The zero-order valence-corrected chi connectivity index (χ0v) is 29.8. The Kier molecular flexibility index (Phi) is 7.85. The summed E-state index contributed by atoms with van der Waals surface area (Å²) in [5.41, 5.74) is 11.4. The van der Waals surface area contributed by atoms with Crippen LogP contribution in [0, 0.1) is 6.07 Å². The van der Waals surface area contributed by atoms with Gasteiger partial charge in [-0.3, -0.25) is 4.57 Å². The number of rotatable bonds is 5. The largest absolute Gasteiger partial charge is 0.507 e. The van der Waals surface area contributed by atoms with E-state index in [-0.39, 0.29) is 32.2 Å². The summed E-state index contributed by atoms with van der Waals surface area (Å²) in [6.45, 7) is 4.38. The van der Waals surface area contributed by atoms with Crippen LogP contribution in [0.15, 0.2) is 152 Å². The second-order valence-corrected chi connectivity index (χ2v) is 13.1. The normalized spacial score (nSPS) is 12.7. The van der Waals surface area contributed by atoms with Crippen molar-refractivity contribution >= 4 is 10.8 Å².